The van der Waals surface area contributed by atoms with E-state index < -0.39 is 0 Å². The number of pyridine rings is 1. The Bertz CT molecular complexity index is 471. The van der Waals surface area contributed by atoms with E-state index >= 15 is 0 Å². The molecule has 0 saturated carbocycles. The van der Waals surface area contributed by atoms with E-state index in [9.17, 15) is 0 Å². The van der Waals surface area contributed by atoms with Gasteiger partial charge in [0.25, 0.3) is 0 Å². The van der Waals surface area contributed by atoms with Crippen LogP contribution in [0.1, 0.15) is 51.3 Å². The zero-order chi connectivity index (χ0) is 15.5. The third kappa shape index (κ3) is 4.62. The van der Waals surface area contributed by atoms with Gasteiger partial charge in [-0.2, -0.15) is 11.8 Å². The first-order valence-electron chi connectivity index (χ1n) is 7.95. The molecule has 118 valence electrons. The summed E-state index contributed by atoms with van der Waals surface area (Å²) in [6.07, 6.45) is 1.21. The van der Waals surface area contributed by atoms with E-state index in [0.717, 1.165) is 25.5 Å². The number of hydrogen-bond donors (Lipinski definition) is 1. The first-order valence-corrected chi connectivity index (χ1v) is 8.94. The highest BCUT2D eigenvalue weighted by Gasteiger charge is 2.24. The summed E-state index contributed by atoms with van der Waals surface area (Å²) in [6.45, 7) is 12.3. The minimum atomic E-state index is 0.387. The minimum absolute atomic E-state index is 0.387. The second-order valence-corrected chi connectivity index (χ2v) is 8.59. The molecule has 0 spiro atoms. The van der Waals surface area contributed by atoms with Crippen LogP contribution < -0.4 is 10.2 Å². The maximum absolute atomic E-state index is 4.92. The number of thioether (sulfide) groups is 1. The average Bonchev–Trinajstić information content (AvgIpc) is 2.59. The van der Waals surface area contributed by atoms with Crippen molar-refractivity contribution in [2.24, 2.45) is 0 Å². The third-order valence-corrected chi connectivity index (χ3v) is 5.40. The lowest BCUT2D eigenvalue weighted by Gasteiger charge is -2.24. The minimum Gasteiger partial charge on any atom is -0.356 e. The van der Waals surface area contributed by atoms with Crippen molar-refractivity contribution >= 4 is 17.6 Å². The summed E-state index contributed by atoms with van der Waals surface area (Å²) in [5.74, 6) is 2.81. The van der Waals surface area contributed by atoms with E-state index in [-0.39, 0.29) is 0 Å². The predicted octanol–water partition coefficient (Wildman–Crippen LogP) is 3.65. The van der Waals surface area contributed by atoms with E-state index in [1.807, 2.05) is 7.05 Å². The van der Waals surface area contributed by atoms with Crippen LogP contribution in [0.15, 0.2) is 12.1 Å². The summed E-state index contributed by atoms with van der Waals surface area (Å²) in [5.41, 5.74) is 2.54. The second-order valence-electron chi connectivity index (χ2n) is 6.79. The van der Waals surface area contributed by atoms with Gasteiger partial charge in [0.15, 0.2) is 0 Å². The van der Waals surface area contributed by atoms with E-state index in [0.29, 0.717) is 10.7 Å². The van der Waals surface area contributed by atoms with Gasteiger partial charge >= 0.3 is 0 Å². The molecule has 1 aromatic heterocycles. The molecule has 0 aromatic carbocycles. The Hall–Kier alpha value is -0.740. The zero-order valence-corrected chi connectivity index (χ0v) is 14.9. The molecule has 0 bridgehead atoms. The average molecular weight is 308 g/mol. The van der Waals surface area contributed by atoms with Crippen LogP contribution in [0.2, 0.25) is 0 Å². The van der Waals surface area contributed by atoms with Gasteiger partial charge in [-0.05, 0) is 37.1 Å². The topological polar surface area (TPSA) is 28.2 Å². The van der Waals surface area contributed by atoms with Crippen molar-refractivity contribution in [3.8, 4) is 0 Å². The molecule has 1 aliphatic heterocycles. The molecular formula is C17H29N3S. The van der Waals surface area contributed by atoms with Gasteiger partial charge in [0.05, 0.1) is 0 Å². The van der Waals surface area contributed by atoms with Gasteiger partial charge in [0, 0.05) is 35.8 Å². The van der Waals surface area contributed by atoms with E-state index in [1.165, 1.54) is 23.4 Å². The highest BCUT2D eigenvalue weighted by molar-refractivity contribution is 8.00. The normalized spacial score (nSPS) is 18.9. The smallest absolute Gasteiger partial charge is 0.129 e. The van der Waals surface area contributed by atoms with E-state index in [4.69, 9.17) is 4.98 Å². The maximum atomic E-state index is 4.92. The molecule has 0 unspecified atom stereocenters. The van der Waals surface area contributed by atoms with Crippen molar-refractivity contribution < 1.29 is 0 Å². The lowest BCUT2D eigenvalue weighted by molar-refractivity contribution is 0.633. The summed E-state index contributed by atoms with van der Waals surface area (Å²) >= 11 is 2.08. The number of nitrogens with one attached hydrogen (secondary N) is 1. The third-order valence-electron chi connectivity index (χ3n) is 4.03. The first-order chi connectivity index (χ1) is 9.91. The van der Waals surface area contributed by atoms with Crippen LogP contribution in [0.25, 0.3) is 0 Å². The van der Waals surface area contributed by atoms with Crippen LogP contribution in [0.5, 0.6) is 0 Å². The van der Waals surface area contributed by atoms with Gasteiger partial charge in [0.2, 0.25) is 0 Å². The molecular weight excluding hydrogens is 278 g/mol. The molecule has 21 heavy (non-hydrogen) atoms. The zero-order valence-electron chi connectivity index (χ0n) is 14.1. The first kappa shape index (κ1) is 16.6. The highest BCUT2D eigenvalue weighted by Crippen LogP contribution is 2.32. The lowest BCUT2D eigenvalue weighted by Crippen LogP contribution is -2.28. The Morgan fingerprint density at radius 2 is 2.10 bits per heavy atom. The van der Waals surface area contributed by atoms with Crippen LogP contribution in [-0.4, -0.2) is 35.6 Å². The van der Waals surface area contributed by atoms with Gasteiger partial charge in [-0.1, -0.05) is 27.7 Å². The summed E-state index contributed by atoms with van der Waals surface area (Å²) in [4.78, 5) is 7.38. The largest absolute Gasteiger partial charge is 0.356 e. The fourth-order valence-electron chi connectivity index (χ4n) is 2.61. The fourth-order valence-corrected chi connectivity index (χ4v) is 3.71. The van der Waals surface area contributed by atoms with Crippen LogP contribution in [0.3, 0.4) is 0 Å². The molecule has 1 aliphatic rings. The van der Waals surface area contributed by atoms with Crippen molar-refractivity contribution in [1.29, 1.82) is 0 Å². The van der Waals surface area contributed by atoms with E-state index in [2.05, 4.69) is 61.8 Å². The molecule has 4 heteroatoms. The number of hydrogen-bond acceptors (Lipinski definition) is 4. The van der Waals surface area contributed by atoms with Crippen molar-refractivity contribution in [2.75, 3.05) is 30.8 Å². The van der Waals surface area contributed by atoms with Gasteiger partial charge in [-0.25, -0.2) is 4.98 Å². The standard InChI is InChI=1S/C17H29N3S/c1-13(2)15-10-14(12-18-5)11-16(19-15)20-7-6-17(3,4)21-9-8-20/h10-11,13,18H,6-9,12H2,1-5H3. The monoisotopic (exact) mass is 307 g/mol. The lowest BCUT2D eigenvalue weighted by atomic mass is 10.1. The molecule has 1 fully saturated rings. The molecule has 2 rings (SSSR count). The molecule has 1 aromatic rings. The van der Waals surface area contributed by atoms with Gasteiger partial charge < -0.3 is 10.2 Å². The Labute approximate surface area is 133 Å². The molecule has 0 amide bonds. The van der Waals surface area contributed by atoms with Gasteiger partial charge in [0.1, 0.15) is 5.82 Å². The summed E-state index contributed by atoms with van der Waals surface area (Å²) in [6, 6.07) is 4.49. The van der Waals surface area contributed by atoms with Gasteiger partial charge in [-0.3, -0.25) is 0 Å². The summed E-state index contributed by atoms with van der Waals surface area (Å²) in [5, 5.41) is 3.26. The number of rotatable bonds is 4. The van der Waals surface area contributed by atoms with Crippen molar-refractivity contribution in [3.05, 3.63) is 23.4 Å². The Morgan fingerprint density at radius 1 is 1.33 bits per heavy atom. The SMILES string of the molecule is CNCc1cc(C(C)C)nc(N2CCSC(C)(C)CC2)c1. The molecule has 3 nitrogen and oxygen atoms in total. The van der Waals surface area contributed by atoms with Crippen molar-refractivity contribution in [2.45, 2.75) is 51.3 Å². The maximum Gasteiger partial charge on any atom is 0.129 e. The van der Waals surface area contributed by atoms with Crippen molar-refractivity contribution in [1.82, 2.24) is 10.3 Å². The predicted molar refractivity (Wildman–Crippen MR) is 94.5 cm³/mol. The van der Waals surface area contributed by atoms with Crippen LogP contribution in [-0.2, 0) is 6.54 Å². The number of anilines is 1. The quantitative estimate of drug-likeness (QED) is 0.919. The summed E-state index contributed by atoms with van der Waals surface area (Å²) < 4.78 is 0.387. The van der Waals surface area contributed by atoms with Crippen molar-refractivity contribution in [3.63, 3.8) is 0 Å². The fraction of sp³-hybridized carbons (Fsp3) is 0.706. The molecule has 2 heterocycles. The Balaban J connectivity index is 2.25. The molecule has 0 atom stereocenters. The van der Waals surface area contributed by atoms with Gasteiger partial charge in [-0.15, -0.1) is 0 Å². The van der Waals surface area contributed by atoms with Crippen LogP contribution in [0.4, 0.5) is 5.82 Å². The second kappa shape index (κ2) is 7.01. The number of aromatic nitrogens is 1. The molecule has 0 aliphatic carbocycles. The summed E-state index contributed by atoms with van der Waals surface area (Å²) in [7, 11) is 2.00. The van der Waals surface area contributed by atoms with Crippen LogP contribution >= 0.6 is 11.8 Å². The number of nitrogens with zero attached hydrogens (tertiary/aromatic N) is 2. The Kier molecular flexibility index (Phi) is 5.55. The van der Waals surface area contributed by atoms with E-state index in [1.54, 1.807) is 0 Å². The molecule has 1 saturated heterocycles. The highest BCUT2D eigenvalue weighted by atomic mass is 32.2. The Morgan fingerprint density at radius 3 is 2.76 bits per heavy atom. The molecule has 0 radical (unpaired) electrons. The van der Waals surface area contributed by atoms with Crippen LogP contribution in [0, 0.1) is 0 Å². The molecule has 1 N–H and O–H groups in total.